The van der Waals surface area contributed by atoms with Gasteiger partial charge in [-0.25, -0.2) is 0 Å². The third-order valence-corrected chi connectivity index (χ3v) is 8.02. The smallest absolute Gasteiger partial charge is 0.0806 e. The van der Waals surface area contributed by atoms with Crippen LogP contribution in [0.4, 0.5) is 0 Å². The lowest BCUT2D eigenvalue weighted by atomic mass is 10.4. The van der Waals surface area contributed by atoms with Crippen LogP contribution in [0.2, 0.25) is 0 Å². The summed E-state index contributed by atoms with van der Waals surface area (Å²) in [5.41, 5.74) is 0. The molecule has 0 bridgehead atoms. The van der Waals surface area contributed by atoms with Crippen molar-refractivity contribution in [1.82, 2.24) is 0 Å². The van der Waals surface area contributed by atoms with E-state index >= 15 is 0 Å². The van der Waals surface area contributed by atoms with Gasteiger partial charge >= 0.3 is 0 Å². The Morgan fingerprint density at radius 3 is 1.90 bits per heavy atom. The van der Waals surface area contributed by atoms with E-state index in [-0.39, 0.29) is 0 Å². The van der Waals surface area contributed by atoms with Crippen LogP contribution in [0, 0.1) is 0 Å². The standard InChI is InChI=1S/C20H20P/c1-21(19-14-8-4-9-15-19,20-16-10-5-11-17-20)18-12-6-2-3-7-13-18/h2,4-17H,3H2,1H3/q+1. The van der Waals surface area contributed by atoms with Crippen molar-refractivity contribution in [3.05, 3.63) is 96.4 Å². The summed E-state index contributed by atoms with van der Waals surface area (Å²) in [7, 11) is -1.55. The quantitative estimate of drug-likeness (QED) is 0.720. The minimum Gasteiger partial charge on any atom is -0.0806 e. The van der Waals surface area contributed by atoms with Gasteiger partial charge in [0.05, 0.1) is 6.66 Å². The summed E-state index contributed by atoms with van der Waals surface area (Å²) in [5, 5.41) is 4.30. The largest absolute Gasteiger partial charge is 0.109 e. The van der Waals surface area contributed by atoms with Crippen LogP contribution in [0.3, 0.4) is 0 Å². The summed E-state index contributed by atoms with van der Waals surface area (Å²) in [4.78, 5) is 0. The van der Waals surface area contributed by atoms with Gasteiger partial charge in [0.25, 0.3) is 0 Å². The molecule has 0 atom stereocenters. The first kappa shape index (κ1) is 14.0. The first-order valence-electron chi connectivity index (χ1n) is 7.33. The Bertz CT molecular complexity index is 639. The molecule has 0 unspecified atom stereocenters. The highest BCUT2D eigenvalue weighted by atomic mass is 31.2. The molecule has 1 aliphatic rings. The van der Waals surface area contributed by atoms with Gasteiger partial charge in [-0.2, -0.15) is 0 Å². The van der Waals surface area contributed by atoms with Crippen LogP contribution < -0.4 is 10.6 Å². The van der Waals surface area contributed by atoms with Crippen molar-refractivity contribution in [1.29, 1.82) is 0 Å². The second-order valence-corrected chi connectivity index (χ2v) is 8.90. The van der Waals surface area contributed by atoms with Gasteiger partial charge in [0.2, 0.25) is 0 Å². The number of rotatable bonds is 3. The molecule has 0 aliphatic heterocycles. The van der Waals surface area contributed by atoms with E-state index < -0.39 is 7.26 Å². The van der Waals surface area contributed by atoms with Crippen molar-refractivity contribution < 1.29 is 0 Å². The minimum atomic E-state index is -1.55. The van der Waals surface area contributed by atoms with Gasteiger partial charge in [0, 0.05) is 0 Å². The first-order chi connectivity index (χ1) is 10.3. The Morgan fingerprint density at radius 1 is 0.762 bits per heavy atom. The third kappa shape index (κ3) is 2.77. The van der Waals surface area contributed by atoms with Crippen LogP contribution in [0.25, 0.3) is 0 Å². The minimum absolute atomic E-state index is 1.02. The summed E-state index contributed by atoms with van der Waals surface area (Å²) >= 11 is 0. The van der Waals surface area contributed by atoms with Gasteiger partial charge < -0.3 is 0 Å². The molecule has 0 fully saturated rings. The summed E-state index contributed by atoms with van der Waals surface area (Å²) in [6.07, 6.45) is 12.3. The molecule has 104 valence electrons. The molecule has 21 heavy (non-hydrogen) atoms. The highest BCUT2D eigenvalue weighted by Gasteiger charge is 2.40. The molecule has 0 radical (unpaired) electrons. The molecule has 2 aromatic carbocycles. The molecule has 0 saturated heterocycles. The number of allylic oxidation sites excluding steroid dienone is 6. The van der Waals surface area contributed by atoms with Crippen molar-refractivity contribution in [2.24, 2.45) is 0 Å². The molecule has 3 rings (SSSR count). The van der Waals surface area contributed by atoms with Crippen LogP contribution in [-0.4, -0.2) is 6.66 Å². The van der Waals surface area contributed by atoms with Crippen molar-refractivity contribution in [2.75, 3.05) is 6.66 Å². The fourth-order valence-electron chi connectivity index (χ4n) is 2.77. The first-order valence-corrected chi connectivity index (χ1v) is 9.57. The van der Waals surface area contributed by atoms with Crippen LogP contribution in [0.15, 0.2) is 96.4 Å². The number of hydrogen-bond donors (Lipinski definition) is 0. The predicted molar refractivity (Wildman–Crippen MR) is 96.0 cm³/mol. The normalized spacial score (nSPS) is 14.6. The maximum Gasteiger partial charge on any atom is 0.109 e. The Hall–Kier alpha value is -1.91. The van der Waals surface area contributed by atoms with Crippen LogP contribution >= 0.6 is 7.26 Å². The predicted octanol–water partition coefficient (Wildman–Crippen LogP) is 4.68. The van der Waals surface area contributed by atoms with Gasteiger partial charge in [0.1, 0.15) is 23.2 Å². The molecular formula is C20H20P+. The fraction of sp³-hybridized carbons (Fsp3) is 0.100. The van der Waals surface area contributed by atoms with E-state index in [2.05, 4.69) is 97.7 Å². The lowest BCUT2D eigenvalue weighted by Gasteiger charge is -2.23. The molecule has 0 amide bonds. The fourth-order valence-corrected chi connectivity index (χ4v) is 5.98. The molecule has 0 nitrogen and oxygen atoms in total. The molecule has 0 N–H and O–H groups in total. The maximum atomic E-state index is 2.42. The van der Waals surface area contributed by atoms with Gasteiger partial charge in [-0.3, -0.25) is 0 Å². The van der Waals surface area contributed by atoms with Crippen LogP contribution in [-0.2, 0) is 0 Å². The lowest BCUT2D eigenvalue weighted by molar-refractivity contribution is 1.40. The zero-order valence-corrected chi connectivity index (χ0v) is 13.2. The molecule has 0 heterocycles. The van der Waals surface area contributed by atoms with Gasteiger partial charge in [-0.15, -0.1) is 0 Å². The SMILES string of the molecule is C[P+](C1=CC=CCC=C1)(c1ccccc1)c1ccccc1. The van der Waals surface area contributed by atoms with E-state index in [9.17, 15) is 0 Å². The number of hydrogen-bond acceptors (Lipinski definition) is 0. The monoisotopic (exact) mass is 291 g/mol. The van der Waals surface area contributed by atoms with E-state index in [1.165, 1.54) is 15.9 Å². The summed E-state index contributed by atoms with van der Waals surface area (Å²) in [6.45, 7) is 2.42. The van der Waals surface area contributed by atoms with Crippen molar-refractivity contribution in [3.8, 4) is 0 Å². The highest BCUT2D eigenvalue weighted by molar-refractivity contribution is 7.92. The van der Waals surface area contributed by atoms with E-state index in [1.807, 2.05) is 0 Å². The van der Waals surface area contributed by atoms with E-state index in [0.29, 0.717) is 0 Å². The number of benzene rings is 2. The Kier molecular flexibility index (Phi) is 4.18. The molecule has 2 aromatic rings. The summed E-state index contributed by atoms with van der Waals surface area (Å²) in [6, 6.07) is 21.8. The van der Waals surface area contributed by atoms with Crippen molar-refractivity contribution in [2.45, 2.75) is 6.42 Å². The third-order valence-electron chi connectivity index (χ3n) is 4.03. The van der Waals surface area contributed by atoms with Crippen LogP contribution in [0.1, 0.15) is 6.42 Å². The second-order valence-electron chi connectivity index (χ2n) is 5.34. The average molecular weight is 291 g/mol. The van der Waals surface area contributed by atoms with Crippen molar-refractivity contribution in [3.63, 3.8) is 0 Å². The molecule has 0 saturated carbocycles. The summed E-state index contributed by atoms with van der Waals surface area (Å²) in [5.74, 6) is 0. The van der Waals surface area contributed by atoms with E-state index in [4.69, 9.17) is 0 Å². The molecular weight excluding hydrogens is 271 g/mol. The molecule has 0 aromatic heterocycles. The van der Waals surface area contributed by atoms with E-state index in [0.717, 1.165) is 6.42 Å². The van der Waals surface area contributed by atoms with Crippen molar-refractivity contribution >= 4 is 17.9 Å². The zero-order valence-electron chi connectivity index (χ0n) is 12.3. The van der Waals surface area contributed by atoms with Crippen LogP contribution in [0.5, 0.6) is 0 Å². The Labute approximate surface area is 127 Å². The molecule has 1 aliphatic carbocycles. The Morgan fingerprint density at radius 2 is 1.33 bits per heavy atom. The zero-order chi connectivity index (χ0) is 14.5. The molecule has 1 heteroatoms. The highest BCUT2D eigenvalue weighted by Crippen LogP contribution is 2.60. The second kappa shape index (κ2) is 6.24. The summed E-state index contributed by atoms with van der Waals surface area (Å²) < 4.78 is 0. The maximum absolute atomic E-state index is 2.42. The van der Waals surface area contributed by atoms with E-state index in [1.54, 1.807) is 0 Å². The molecule has 0 spiro atoms. The average Bonchev–Trinajstić information content (AvgIpc) is 2.85. The Balaban J connectivity index is 2.20. The lowest BCUT2D eigenvalue weighted by Crippen LogP contribution is -2.22. The van der Waals surface area contributed by atoms with Gasteiger partial charge in [0.15, 0.2) is 0 Å². The topological polar surface area (TPSA) is 0 Å². The van der Waals surface area contributed by atoms with Gasteiger partial charge in [-0.1, -0.05) is 54.6 Å². The van der Waals surface area contributed by atoms with Gasteiger partial charge in [-0.05, 0) is 42.8 Å².